The molecule has 0 atom stereocenters. The lowest BCUT2D eigenvalue weighted by atomic mass is 10.1. The summed E-state index contributed by atoms with van der Waals surface area (Å²) in [6, 6.07) is 8.65. The molecule has 1 heterocycles. The predicted molar refractivity (Wildman–Crippen MR) is 74.6 cm³/mol. The molecule has 0 fully saturated rings. The van der Waals surface area contributed by atoms with Gasteiger partial charge in [0.25, 0.3) is 0 Å². The Morgan fingerprint density at radius 2 is 2.15 bits per heavy atom. The number of benzene rings is 1. The normalized spacial score (nSPS) is 10.2. The van der Waals surface area contributed by atoms with E-state index in [4.69, 9.17) is 15.6 Å². The fourth-order valence-corrected chi connectivity index (χ4v) is 1.69. The fraction of sp³-hybridized carbons (Fsp3) is 0.214. The van der Waals surface area contributed by atoms with E-state index in [2.05, 4.69) is 9.97 Å². The van der Waals surface area contributed by atoms with Gasteiger partial charge in [-0.15, -0.1) is 0 Å². The standard InChI is InChI=1S/C14H15N3O3/c1-2-6-20-10-5-3-4-9(7-10)11-8-12(13(18)19)17-14(15)16-11/h3-5,7-8H,2,6H2,1H3,(H,18,19)(H2,15,16,17). The van der Waals surface area contributed by atoms with Crippen molar-refractivity contribution in [3.8, 4) is 17.0 Å². The molecular weight excluding hydrogens is 258 g/mol. The van der Waals surface area contributed by atoms with Gasteiger partial charge in [-0.1, -0.05) is 19.1 Å². The van der Waals surface area contributed by atoms with Gasteiger partial charge < -0.3 is 15.6 Å². The molecule has 20 heavy (non-hydrogen) atoms. The third kappa shape index (κ3) is 3.23. The minimum absolute atomic E-state index is 0.0696. The van der Waals surface area contributed by atoms with Gasteiger partial charge in [0.15, 0.2) is 5.69 Å². The van der Waals surface area contributed by atoms with Gasteiger partial charge in [0.1, 0.15) is 5.75 Å². The Morgan fingerprint density at radius 1 is 1.35 bits per heavy atom. The molecule has 1 aromatic carbocycles. The maximum atomic E-state index is 11.0. The molecule has 0 aliphatic rings. The Bertz CT molecular complexity index is 629. The van der Waals surface area contributed by atoms with E-state index >= 15 is 0 Å². The summed E-state index contributed by atoms with van der Waals surface area (Å²) in [5, 5.41) is 8.98. The molecule has 0 saturated carbocycles. The van der Waals surface area contributed by atoms with Crippen molar-refractivity contribution in [1.82, 2.24) is 9.97 Å². The number of ether oxygens (including phenoxy) is 1. The molecule has 3 N–H and O–H groups in total. The van der Waals surface area contributed by atoms with Crippen LogP contribution in [0.15, 0.2) is 30.3 Å². The summed E-state index contributed by atoms with van der Waals surface area (Å²) in [6.45, 7) is 2.64. The number of carboxylic acid groups (broad SMARTS) is 1. The summed E-state index contributed by atoms with van der Waals surface area (Å²) in [6.07, 6.45) is 0.911. The summed E-state index contributed by atoms with van der Waals surface area (Å²) in [5.74, 6) is -0.503. The van der Waals surface area contributed by atoms with E-state index in [-0.39, 0.29) is 11.6 Å². The van der Waals surface area contributed by atoms with Gasteiger partial charge in [-0.2, -0.15) is 0 Å². The lowest BCUT2D eigenvalue weighted by Crippen LogP contribution is -2.06. The van der Waals surface area contributed by atoms with Crippen LogP contribution in [-0.4, -0.2) is 27.7 Å². The summed E-state index contributed by atoms with van der Waals surface area (Å²) in [7, 11) is 0. The molecule has 0 aliphatic carbocycles. The number of aromatic nitrogens is 2. The minimum atomic E-state index is -1.14. The lowest BCUT2D eigenvalue weighted by molar-refractivity contribution is 0.0690. The highest BCUT2D eigenvalue weighted by atomic mass is 16.5. The molecule has 6 nitrogen and oxygen atoms in total. The van der Waals surface area contributed by atoms with Crippen LogP contribution >= 0.6 is 0 Å². The van der Waals surface area contributed by atoms with Crippen LogP contribution in [-0.2, 0) is 0 Å². The van der Waals surface area contributed by atoms with Gasteiger partial charge in [-0.05, 0) is 24.6 Å². The second-order valence-electron chi connectivity index (χ2n) is 4.18. The third-order valence-electron chi connectivity index (χ3n) is 2.57. The van der Waals surface area contributed by atoms with Crippen LogP contribution < -0.4 is 10.5 Å². The van der Waals surface area contributed by atoms with Crippen LogP contribution in [0.2, 0.25) is 0 Å². The number of hydrogen-bond donors (Lipinski definition) is 2. The highest BCUT2D eigenvalue weighted by Crippen LogP contribution is 2.23. The van der Waals surface area contributed by atoms with Crippen LogP contribution in [0.25, 0.3) is 11.3 Å². The van der Waals surface area contributed by atoms with Crippen LogP contribution in [0, 0.1) is 0 Å². The van der Waals surface area contributed by atoms with E-state index in [0.29, 0.717) is 18.1 Å². The van der Waals surface area contributed by atoms with E-state index in [1.165, 1.54) is 6.07 Å². The lowest BCUT2D eigenvalue weighted by Gasteiger charge is -2.07. The Morgan fingerprint density at radius 3 is 2.85 bits per heavy atom. The first-order valence-corrected chi connectivity index (χ1v) is 6.21. The third-order valence-corrected chi connectivity index (χ3v) is 2.57. The number of carboxylic acids is 1. The van der Waals surface area contributed by atoms with Gasteiger partial charge >= 0.3 is 5.97 Å². The zero-order chi connectivity index (χ0) is 14.5. The number of aromatic carboxylic acids is 1. The molecule has 0 saturated heterocycles. The monoisotopic (exact) mass is 273 g/mol. The Kier molecular flexibility index (Phi) is 4.14. The van der Waals surface area contributed by atoms with Crippen molar-refractivity contribution in [2.24, 2.45) is 0 Å². The number of nitrogens with two attached hydrogens (primary N) is 1. The number of nitrogens with zero attached hydrogens (tertiary/aromatic N) is 2. The number of hydrogen-bond acceptors (Lipinski definition) is 5. The molecule has 6 heteroatoms. The Balaban J connectivity index is 2.38. The van der Waals surface area contributed by atoms with Gasteiger partial charge in [0, 0.05) is 5.56 Å². The SMILES string of the molecule is CCCOc1cccc(-c2cc(C(=O)O)nc(N)n2)c1. The molecule has 0 amide bonds. The van der Waals surface area contributed by atoms with Crippen LogP contribution in [0.3, 0.4) is 0 Å². The average molecular weight is 273 g/mol. The molecule has 104 valence electrons. The highest BCUT2D eigenvalue weighted by molar-refractivity contribution is 5.87. The summed E-state index contributed by atoms with van der Waals surface area (Å²) < 4.78 is 5.53. The second kappa shape index (κ2) is 6.01. The van der Waals surface area contributed by atoms with Crippen molar-refractivity contribution in [1.29, 1.82) is 0 Å². The smallest absolute Gasteiger partial charge is 0.354 e. The molecule has 0 unspecified atom stereocenters. The summed E-state index contributed by atoms with van der Waals surface area (Å²) >= 11 is 0. The van der Waals surface area contributed by atoms with Crippen molar-refractivity contribution >= 4 is 11.9 Å². The van der Waals surface area contributed by atoms with Crippen molar-refractivity contribution in [2.75, 3.05) is 12.3 Å². The van der Waals surface area contributed by atoms with Gasteiger partial charge in [-0.3, -0.25) is 0 Å². The average Bonchev–Trinajstić information content (AvgIpc) is 2.44. The minimum Gasteiger partial charge on any atom is -0.494 e. The molecular formula is C14H15N3O3. The molecule has 2 aromatic rings. The number of rotatable bonds is 5. The Hall–Kier alpha value is -2.63. The Labute approximate surface area is 116 Å². The van der Waals surface area contributed by atoms with E-state index in [1.807, 2.05) is 25.1 Å². The predicted octanol–water partition coefficient (Wildman–Crippen LogP) is 2.21. The largest absolute Gasteiger partial charge is 0.494 e. The van der Waals surface area contributed by atoms with E-state index in [9.17, 15) is 4.79 Å². The zero-order valence-corrected chi connectivity index (χ0v) is 11.0. The molecule has 1 aromatic heterocycles. The topological polar surface area (TPSA) is 98.3 Å². The van der Waals surface area contributed by atoms with E-state index < -0.39 is 5.97 Å². The van der Waals surface area contributed by atoms with E-state index in [0.717, 1.165) is 12.0 Å². The first kappa shape index (κ1) is 13.8. The summed E-state index contributed by atoms with van der Waals surface area (Å²) in [5.41, 5.74) is 6.59. The number of nitrogen functional groups attached to an aromatic ring is 1. The van der Waals surface area contributed by atoms with Gasteiger partial charge in [0.2, 0.25) is 5.95 Å². The summed E-state index contributed by atoms with van der Waals surface area (Å²) in [4.78, 5) is 18.7. The molecule has 2 rings (SSSR count). The van der Waals surface area contributed by atoms with Crippen molar-refractivity contribution in [3.05, 3.63) is 36.0 Å². The molecule has 0 bridgehead atoms. The second-order valence-corrected chi connectivity index (χ2v) is 4.18. The van der Waals surface area contributed by atoms with Crippen LogP contribution in [0.5, 0.6) is 5.75 Å². The van der Waals surface area contributed by atoms with Crippen LogP contribution in [0.4, 0.5) is 5.95 Å². The quantitative estimate of drug-likeness (QED) is 0.866. The number of carbonyl (C=O) groups is 1. The van der Waals surface area contributed by atoms with Gasteiger partial charge in [-0.25, -0.2) is 14.8 Å². The maximum absolute atomic E-state index is 11.0. The van der Waals surface area contributed by atoms with Crippen molar-refractivity contribution < 1.29 is 14.6 Å². The first-order chi connectivity index (χ1) is 9.60. The molecule has 0 radical (unpaired) electrons. The zero-order valence-electron chi connectivity index (χ0n) is 11.0. The molecule has 0 aliphatic heterocycles. The highest BCUT2D eigenvalue weighted by Gasteiger charge is 2.10. The first-order valence-electron chi connectivity index (χ1n) is 6.21. The van der Waals surface area contributed by atoms with Crippen molar-refractivity contribution in [3.63, 3.8) is 0 Å². The van der Waals surface area contributed by atoms with Crippen LogP contribution in [0.1, 0.15) is 23.8 Å². The van der Waals surface area contributed by atoms with Crippen molar-refractivity contribution in [2.45, 2.75) is 13.3 Å². The fourth-order valence-electron chi connectivity index (χ4n) is 1.69. The van der Waals surface area contributed by atoms with E-state index in [1.54, 1.807) is 6.07 Å². The van der Waals surface area contributed by atoms with Gasteiger partial charge in [0.05, 0.1) is 12.3 Å². The number of anilines is 1. The maximum Gasteiger partial charge on any atom is 0.354 e. The molecule has 0 spiro atoms.